The van der Waals surface area contributed by atoms with E-state index in [4.69, 9.17) is 5.11 Å². The molecule has 1 aliphatic rings. The van der Waals surface area contributed by atoms with E-state index in [-0.39, 0.29) is 18.0 Å². The highest BCUT2D eigenvalue weighted by Crippen LogP contribution is 2.10. The number of thiazole rings is 1. The molecule has 1 atom stereocenters. The smallest absolute Gasteiger partial charge is 0.355 e. The van der Waals surface area contributed by atoms with Crippen molar-refractivity contribution in [2.24, 2.45) is 0 Å². The minimum Gasteiger partial charge on any atom is -0.476 e. The van der Waals surface area contributed by atoms with Gasteiger partial charge < -0.3 is 15.7 Å². The van der Waals surface area contributed by atoms with Gasteiger partial charge in [0.05, 0.1) is 16.8 Å². The second kappa shape index (κ2) is 6.22. The Balaban J connectivity index is 1.72. The van der Waals surface area contributed by atoms with Gasteiger partial charge in [-0.1, -0.05) is 0 Å². The van der Waals surface area contributed by atoms with Crippen LogP contribution in [0.4, 0.5) is 4.79 Å². The summed E-state index contributed by atoms with van der Waals surface area (Å²) in [4.78, 5) is 26.1. The maximum Gasteiger partial charge on any atom is 0.355 e. The average molecular weight is 331 g/mol. The molecule has 0 fully saturated rings. The Hall–Kier alpha value is -1.94. The normalized spacial score (nSPS) is 19.3. The van der Waals surface area contributed by atoms with Crippen LogP contribution in [-0.4, -0.2) is 48.8 Å². The van der Waals surface area contributed by atoms with E-state index >= 15 is 0 Å². The molecule has 2 rings (SSSR count). The number of hydrogen-bond acceptors (Lipinski definition) is 6. The minimum atomic E-state index is -3.20. The lowest BCUT2D eigenvalue weighted by atomic mass is 10.3. The van der Waals surface area contributed by atoms with Crippen LogP contribution in [0.5, 0.6) is 0 Å². The van der Waals surface area contributed by atoms with Crippen molar-refractivity contribution in [2.45, 2.75) is 12.5 Å². The molecule has 0 radical (unpaired) electrons. The number of nitrogens with zero attached hydrogens (tertiary/aromatic N) is 1. The van der Waals surface area contributed by atoms with E-state index in [1.807, 2.05) is 0 Å². The fraction of sp³-hybridized carbons (Fsp3) is 0.364. The number of carbonyl (C=O) groups excluding carboxylic acids is 1. The summed E-state index contributed by atoms with van der Waals surface area (Å²) in [6.45, 7) is 0.279. The van der Waals surface area contributed by atoms with Crippen LogP contribution in [0, 0.1) is 0 Å². The number of nitrogens with one attached hydrogen (secondary N) is 2. The van der Waals surface area contributed by atoms with Gasteiger partial charge in [-0.15, -0.1) is 11.3 Å². The van der Waals surface area contributed by atoms with Gasteiger partial charge in [0.25, 0.3) is 0 Å². The van der Waals surface area contributed by atoms with Crippen molar-refractivity contribution in [3.63, 3.8) is 0 Å². The van der Waals surface area contributed by atoms with Crippen molar-refractivity contribution in [3.8, 4) is 0 Å². The average Bonchev–Trinajstić information content (AvgIpc) is 2.96. The van der Waals surface area contributed by atoms with Crippen LogP contribution in [0.2, 0.25) is 0 Å². The summed E-state index contributed by atoms with van der Waals surface area (Å²) in [6.07, 6.45) is 1.83. The SMILES string of the molecule is O=C(NCCc1nc(C(=O)O)cs1)NC1C=CS(=O)(=O)C1. The maximum absolute atomic E-state index is 11.6. The molecule has 0 saturated heterocycles. The van der Waals surface area contributed by atoms with E-state index in [1.165, 1.54) is 22.8 Å². The number of carbonyl (C=O) groups is 2. The van der Waals surface area contributed by atoms with Crippen LogP contribution in [0.1, 0.15) is 15.5 Å². The fourth-order valence-electron chi connectivity index (χ4n) is 1.69. The number of amides is 2. The molecule has 8 nitrogen and oxygen atoms in total. The first kappa shape index (κ1) is 15.4. The van der Waals surface area contributed by atoms with Gasteiger partial charge in [0.1, 0.15) is 0 Å². The van der Waals surface area contributed by atoms with Crippen molar-refractivity contribution in [2.75, 3.05) is 12.3 Å². The van der Waals surface area contributed by atoms with E-state index < -0.39 is 27.9 Å². The molecule has 3 N–H and O–H groups in total. The molecular weight excluding hydrogens is 318 g/mol. The zero-order valence-corrected chi connectivity index (χ0v) is 12.4. The summed E-state index contributed by atoms with van der Waals surface area (Å²) < 4.78 is 22.3. The number of urea groups is 1. The van der Waals surface area contributed by atoms with E-state index in [0.717, 1.165) is 5.41 Å². The van der Waals surface area contributed by atoms with E-state index in [1.54, 1.807) is 0 Å². The molecule has 2 heterocycles. The fourth-order valence-corrected chi connectivity index (χ4v) is 3.70. The number of sulfone groups is 1. The van der Waals surface area contributed by atoms with Gasteiger partial charge in [0.15, 0.2) is 15.5 Å². The third kappa shape index (κ3) is 4.53. The summed E-state index contributed by atoms with van der Waals surface area (Å²) in [5, 5.41) is 16.9. The summed E-state index contributed by atoms with van der Waals surface area (Å²) in [5.41, 5.74) is -0.0132. The molecule has 1 aliphatic heterocycles. The Morgan fingerprint density at radius 1 is 1.48 bits per heavy atom. The van der Waals surface area contributed by atoms with Crippen LogP contribution in [0.15, 0.2) is 16.9 Å². The van der Waals surface area contributed by atoms with Crippen molar-refractivity contribution >= 4 is 33.2 Å². The minimum absolute atomic E-state index is 0.0132. The first-order valence-electron chi connectivity index (χ1n) is 5.99. The second-order valence-electron chi connectivity index (χ2n) is 4.35. The summed E-state index contributed by atoms with van der Waals surface area (Å²) in [7, 11) is -3.20. The second-order valence-corrected chi connectivity index (χ2v) is 7.22. The van der Waals surface area contributed by atoms with Gasteiger partial charge in [-0.2, -0.15) is 0 Å². The zero-order valence-electron chi connectivity index (χ0n) is 10.8. The van der Waals surface area contributed by atoms with E-state index in [2.05, 4.69) is 15.6 Å². The molecule has 2 amide bonds. The van der Waals surface area contributed by atoms with Gasteiger partial charge in [0.2, 0.25) is 0 Å². The van der Waals surface area contributed by atoms with Gasteiger partial charge in [-0.3, -0.25) is 0 Å². The van der Waals surface area contributed by atoms with Crippen LogP contribution in [-0.2, 0) is 16.3 Å². The highest BCUT2D eigenvalue weighted by molar-refractivity contribution is 7.94. The van der Waals surface area contributed by atoms with Crippen molar-refractivity contribution in [1.29, 1.82) is 0 Å². The Kier molecular flexibility index (Phi) is 4.58. The summed E-state index contributed by atoms with van der Waals surface area (Å²) in [6, 6.07) is -0.995. The molecular formula is C11H13N3O5S2. The number of hydrogen-bond donors (Lipinski definition) is 3. The molecule has 1 unspecified atom stereocenters. The largest absolute Gasteiger partial charge is 0.476 e. The Bertz CT molecular complexity index is 680. The number of carboxylic acid groups (broad SMARTS) is 1. The van der Waals surface area contributed by atoms with E-state index in [0.29, 0.717) is 11.4 Å². The predicted octanol–water partition coefficient (Wildman–Crippen LogP) is -0.00630. The molecule has 0 saturated carbocycles. The quantitative estimate of drug-likeness (QED) is 0.697. The van der Waals surface area contributed by atoms with Crippen LogP contribution < -0.4 is 10.6 Å². The standard InChI is InChI=1S/C11H13N3O5S2/c15-10(16)8-5-20-9(14-8)1-3-12-11(17)13-7-2-4-21(18,19)6-7/h2,4-5,7H,1,3,6H2,(H,15,16)(H2,12,13,17). The molecule has 10 heteroatoms. The van der Waals surface area contributed by atoms with Crippen molar-refractivity contribution in [3.05, 3.63) is 27.6 Å². The van der Waals surface area contributed by atoms with Crippen LogP contribution >= 0.6 is 11.3 Å². The van der Waals surface area contributed by atoms with Crippen molar-refractivity contribution in [1.82, 2.24) is 15.6 Å². The highest BCUT2D eigenvalue weighted by atomic mass is 32.2. The topological polar surface area (TPSA) is 125 Å². The Morgan fingerprint density at radius 3 is 2.81 bits per heavy atom. The number of carboxylic acids is 1. The first-order chi connectivity index (χ1) is 9.85. The van der Waals surface area contributed by atoms with Gasteiger partial charge in [0, 0.05) is 23.8 Å². The lowest BCUT2D eigenvalue weighted by molar-refractivity contribution is 0.0691. The van der Waals surface area contributed by atoms with Gasteiger partial charge in [-0.05, 0) is 6.08 Å². The van der Waals surface area contributed by atoms with Crippen LogP contribution in [0.3, 0.4) is 0 Å². The zero-order chi connectivity index (χ0) is 15.5. The molecule has 0 spiro atoms. The monoisotopic (exact) mass is 331 g/mol. The predicted molar refractivity (Wildman–Crippen MR) is 76.0 cm³/mol. The lowest BCUT2D eigenvalue weighted by Crippen LogP contribution is -2.43. The van der Waals surface area contributed by atoms with Gasteiger partial charge >= 0.3 is 12.0 Å². The first-order valence-corrected chi connectivity index (χ1v) is 8.58. The Labute approximate surface area is 124 Å². The number of aromatic carboxylic acids is 1. The third-order valence-electron chi connectivity index (χ3n) is 2.64. The number of rotatable bonds is 5. The molecule has 1 aromatic rings. The molecule has 21 heavy (non-hydrogen) atoms. The van der Waals surface area contributed by atoms with Gasteiger partial charge in [-0.25, -0.2) is 23.0 Å². The highest BCUT2D eigenvalue weighted by Gasteiger charge is 2.22. The summed E-state index contributed by atoms with van der Waals surface area (Å²) in [5.74, 6) is -1.22. The molecule has 0 aromatic carbocycles. The molecule has 114 valence electrons. The lowest BCUT2D eigenvalue weighted by Gasteiger charge is -2.10. The number of aromatic nitrogens is 1. The summed E-state index contributed by atoms with van der Waals surface area (Å²) >= 11 is 1.21. The van der Waals surface area contributed by atoms with Crippen LogP contribution in [0.25, 0.3) is 0 Å². The van der Waals surface area contributed by atoms with Crippen molar-refractivity contribution < 1.29 is 23.1 Å². The Morgan fingerprint density at radius 2 is 2.24 bits per heavy atom. The molecule has 0 bridgehead atoms. The third-order valence-corrected chi connectivity index (χ3v) is 4.95. The molecule has 0 aliphatic carbocycles. The molecule has 1 aromatic heterocycles. The maximum atomic E-state index is 11.6. The van der Waals surface area contributed by atoms with E-state index in [9.17, 15) is 18.0 Å².